The molecular weight excluding hydrogens is 204 g/mol. The van der Waals surface area contributed by atoms with Crippen LogP contribution in [0.3, 0.4) is 0 Å². The van der Waals surface area contributed by atoms with Gasteiger partial charge in [-0.15, -0.1) is 0 Å². The van der Waals surface area contributed by atoms with Crippen LogP contribution in [0.15, 0.2) is 45.6 Å². The molecule has 1 heterocycles. The van der Waals surface area contributed by atoms with E-state index in [0.29, 0.717) is 17.7 Å². The third-order valence-electron chi connectivity index (χ3n) is 2.37. The predicted octanol–water partition coefficient (Wildman–Crippen LogP) is 2.24. The van der Waals surface area contributed by atoms with Crippen LogP contribution in [0.4, 0.5) is 0 Å². The van der Waals surface area contributed by atoms with Crippen molar-refractivity contribution in [2.45, 2.75) is 13.3 Å². The molecule has 1 aromatic carbocycles. The number of benzene rings is 1. The molecule has 1 N–H and O–H groups in total. The molecule has 2 aromatic rings. The average Bonchev–Trinajstić information content (AvgIpc) is 2.25. The largest absolute Gasteiger partial charge is 0.507 e. The summed E-state index contributed by atoms with van der Waals surface area (Å²) in [5.41, 5.74) is 0.798. The highest BCUT2D eigenvalue weighted by Crippen LogP contribution is 2.17. The molecule has 0 bridgehead atoms. The number of aryl methyl sites for hydroxylation is 1. The fraction of sp³-hybridized carbons (Fsp3) is 0.154. The summed E-state index contributed by atoms with van der Waals surface area (Å²) in [6, 6.07) is 10.9. The van der Waals surface area contributed by atoms with Crippen LogP contribution in [-0.2, 0) is 6.42 Å². The Hall–Kier alpha value is -2.03. The first kappa shape index (κ1) is 10.5. The van der Waals surface area contributed by atoms with Crippen molar-refractivity contribution in [3.05, 3.63) is 63.7 Å². The van der Waals surface area contributed by atoms with Gasteiger partial charge in [0.2, 0.25) is 0 Å². The molecule has 82 valence electrons. The Morgan fingerprint density at radius 3 is 2.56 bits per heavy atom. The summed E-state index contributed by atoms with van der Waals surface area (Å²) >= 11 is 0. The molecule has 1 aromatic heterocycles. The second kappa shape index (κ2) is 4.23. The highest BCUT2D eigenvalue weighted by atomic mass is 16.4. The molecule has 0 atom stereocenters. The third kappa shape index (κ3) is 2.14. The number of aromatic hydroxyl groups is 1. The maximum absolute atomic E-state index is 11.5. The lowest BCUT2D eigenvalue weighted by molar-refractivity contribution is 0.424. The summed E-state index contributed by atoms with van der Waals surface area (Å²) in [6.07, 6.45) is 0.384. The van der Waals surface area contributed by atoms with Crippen LogP contribution in [0.5, 0.6) is 5.75 Å². The molecule has 16 heavy (non-hydrogen) atoms. The number of hydrogen-bond donors (Lipinski definition) is 1. The first-order valence-corrected chi connectivity index (χ1v) is 5.03. The predicted molar refractivity (Wildman–Crippen MR) is 60.6 cm³/mol. The van der Waals surface area contributed by atoms with Gasteiger partial charge in [-0.1, -0.05) is 30.3 Å². The molecule has 0 saturated heterocycles. The SMILES string of the molecule is Cc1cc(O)c(Cc2ccccc2)c(=O)o1. The minimum absolute atomic E-state index is 0.00222. The highest BCUT2D eigenvalue weighted by Gasteiger charge is 2.09. The van der Waals surface area contributed by atoms with E-state index in [1.54, 1.807) is 6.92 Å². The van der Waals surface area contributed by atoms with Gasteiger partial charge in [-0.2, -0.15) is 0 Å². The summed E-state index contributed by atoms with van der Waals surface area (Å²) in [5.74, 6) is 0.414. The summed E-state index contributed by atoms with van der Waals surface area (Å²) in [7, 11) is 0. The molecule has 0 amide bonds. The smallest absolute Gasteiger partial charge is 0.343 e. The van der Waals surface area contributed by atoms with E-state index >= 15 is 0 Å². The Bertz CT molecular complexity index is 541. The van der Waals surface area contributed by atoms with Crippen molar-refractivity contribution in [1.82, 2.24) is 0 Å². The van der Waals surface area contributed by atoms with Gasteiger partial charge < -0.3 is 9.52 Å². The molecule has 0 aliphatic carbocycles. The van der Waals surface area contributed by atoms with Gasteiger partial charge >= 0.3 is 5.63 Å². The molecule has 0 aliphatic heterocycles. The van der Waals surface area contributed by atoms with E-state index in [9.17, 15) is 9.90 Å². The molecule has 0 radical (unpaired) electrons. The van der Waals surface area contributed by atoms with Crippen molar-refractivity contribution >= 4 is 0 Å². The molecule has 0 spiro atoms. The zero-order valence-electron chi connectivity index (χ0n) is 8.93. The van der Waals surface area contributed by atoms with Crippen LogP contribution < -0.4 is 5.63 Å². The van der Waals surface area contributed by atoms with E-state index in [2.05, 4.69) is 0 Å². The Morgan fingerprint density at radius 1 is 1.25 bits per heavy atom. The van der Waals surface area contributed by atoms with Crippen LogP contribution >= 0.6 is 0 Å². The third-order valence-corrected chi connectivity index (χ3v) is 2.37. The second-order valence-electron chi connectivity index (χ2n) is 3.67. The fourth-order valence-corrected chi connectivity index (χ4v) is 1.58. The second-order valence-corrected chi connectivity index (χ2v) is 3.67. The van der Waals surface area contributed by atoms with Crippen molar-refractivity contribution in [1.29, 1.82) is 0 Å². The zero-order valence-corrected chi connectivity index (χ0v) is 8.93. The molecule has 3 nitrogen and oxygen atoms in total. The fourth-order valence-electron chi connectivity index (χ4n) is 1.58. The van der Waals surface area contributed by atoms with Gasteiger partial charge in [0, 0.05) is 12.5 Å². The van der Waals surface area contributed by atoms with Gasteiger partial charge in [0.15, 0.2) is 0 Å². The summed E-state index contributed by atoms with van der Waals surface area (Å²) in [5, 5.41) is 9.67. The monoisotopic (exact) mass is 216 g/mol. The van der Waals surface area contributed by atoms with E-state index in [4.69, 9.17) is 4.42 Å². The topological polar surface area (TPSA) is 50.4 Å². The minimum Gasteiger partial charge on any atom is -0.507 e. The maximum atomic E-state index is 11.5. The van der Waals surface area contributed by atoms with E-state index < -0.39 is 5.63 Å². The van der Waals surface area contributed by atoms with Crippen LogP contribution in [0, 0.1) is 6.92 Å². The summed E-state index contributed by atoms with van der Waals surface area (Å²) in [4.78, 5) is 11.5. The lowest BCUT2D eigenvalue weighted by atomic mass is 10.1. The summed E-state index contributed by atoms with van der Waals surface area (Å²) in [6.45, 7) is 1.63. The first-order chi connectivity index (χ1) is 7.66. The van der Waals surface area contributed by atoms with Crippen molar-refractivity contribution in [2.24, 2.45) is 0 Å². The molecule has 0 aliphatic rings. The van der Waals surface area contributed by atoms with Crippen molar-refractivity contribution in [3.63, 3.8) is 0 Å². The average molecular weight is 216 g/mol. The Morgan fingerprint density at radius 2 is 1.94 bits per heavy atom. The van der Waals surface area contributed by atoms with Gasteiger partial charge in [-0.3, -0.25) is 0 Å². The lowest BCUT2D eigenvalue weighted by Crippen LogP contribution is -2.08. The Kier molecular flexibility index (Phi) is 2.77. The maximum Gasteiger partial charge on any atom is 0.343 e. The molecule has 2 rings (SSSR count). The van der Waals surface area contributed by atoms with Crippen LogP contribution in [-0.4, -0.2) is 5.11 Å². The van der Waals surface area contributed by atoms with Crippen LogP contribution in [0.1, 0.15) is 16.9 Å². The van der Waals surface area contributed by atoms with Crippen molar-refractivity contribution in [2.75, 3.05) is 0 Å². The van der Waals surface area contributed by atoms with Crippen molar-refractivity contribution in [3.8, 4) is 5.75 Å². The molecular formula is C13H12O3. The summed E-state index contributed by atoms with van der Waals surface area (Å²) < 4.78 is 4.95. The quantitative estimate of drug-likeness (QED) is 0.837. The highest BCUT2D eigenvalue weighted by molar-refractivity contribution is 5.34. The van der Waals surface area contributed by atoms with E-state index in [0.717, 1.165) is 5.56 Å². The van der Waals surface area contributed by atoms with Crippen LogP contribution in [0.2, 0.25) is 0 Å². The molecule has 0 unspecified atom stereocenters. The van der Waals surface area contributed by atoms with E-state index in [1.165, 1.54) is 6.07 Å². The number of rotatable bonds is 2. The van der Waals surface area contributed by atoms with Crippen molar-refractivity contribution < 1.29 is 9.52 Å². The van der Waals surface area contributed by atoms with E-state index in [1.807, 2.05) is 30.3 Å². The Balaban J connectivity index is 2.39. The molecule has 0 fully saturated rings. The number of hydrogen-bond acceptors (Lipinski definition) is 3. The molecule has 3 heteroatoms. The van der Waals surface area contributed by atoms with Gasteiger partial charge in [-0.05, 0) is 12.5 Å². The van der Waals surface area contributed by atoms with E-state index in [-0.39, 0.29) is 5.75 Å². The lowest BCUT2D eigenvalue weighted by Gasteiger charge is -2.03. The van der Waals surface area contributed by atoms with Gasteiger partial charge in [0.05, 0.1) is 5.56 Å². The standard InChI is InChI=1S/C13H12O3/c1-9-7-12(14)11(13(15)16-9)8-10-5-3-2-4-6-10/h2-7,14H,8H2,1H3. The normalized spacial score (nSPS) is 10.3. The zero-order chi connectivity index (χ0) is 11.5. The molecule has 0 saturated carbocycles. The minimum atomic E-state index is -0.471. The van der Waals surface area contributed by atoms with Gasteiger partial charge in [0.25, 0.3) is 0 Å². The van der Waals surface area contributed by atoms with Gasteiger partial charge in [-0.25, -0.2) is 4.79 Å². The Labute approximate surface area is 93.0 Å². The van der Waals surface area contributed by atoms with Crippen LogP contribution in [0.25, 0.3) is 0 Å². The first-order valence-electron chi connectivity index (χ1n) is 5.03. The van der Waals surface area contributed by atoms with Gasteiger partial charge in [0.1, 0.15) is 11.5 Å².